The number of piperazine rings is 1. The average Bonchev–Trinajstić information content (AvgIpc) is 2.94. The SMILES string of the molecule is CCC(c1c2cccccc-2[nH]c1=O)N(C)c1cc(C(=O)N2CCN(C)CC2)ccc1C. The van der Waals surface area contributed by atoms with Crippen LogP contribution in [0, 0.1) is 6.92 Å². The number of H-pyrrole nitrogens is 1. The number of rotatable bonds is 5. The topological polar surface area (TPSA) is 59.7 Å². The van der Waals surface area contributed by atoms with E-state index in [1.165, 1.54) is 0 Å². The highest BCUT2D eigenvalue weighted by molar-refractivity contribution is 5.95. The highest BCUT2D eigenvalue weighted by Gasteiger charge is 2.27. The molecule has 1 aromatic carbocycles. The number of nitrogens with one attached hydrogen (secondary N) is 1. The molecule has 0 aromatic heterocycles. The Hall–Kier alpha value is -3.12. The molecular formula is C26H32N4O2. The lowest BCUT2D eigenvalue weighted by Gasteiger charge is -2.33. The van der Waals surface area contributed by atoms with Crippen LogP contribution in [0.2, 0.25) is 0 Å². The first-order chi connectivity index (χ1) is 15.4. The van der Waals surface area contributed by atoms with E-state index in [1.54, 1.807) is 0 Å². The van der Waals surface area contributed by atoms with Crippen LogP contribution in [0.3, 0.4) is 0 Å². The van der Waals surface area contributed by atoms with Gasteiger partial charge in [-0.3, -0.25) is 9.59 Å². The predicted molar refractivity (Wildman–Crippen MR) is 130 cm³/mol. The van der Waals surface area contributed by atoms with Crippen molar-refractivity contribution in [1.29, 1.82) is 0 Å². The van der Waals surface area contributed by atoms with Gasteiger partial charge in [0.2, 0.25) is 0 Å². The van der Waals surface area contributed by atoms with Crippen LogP contribution in [-0.2, 0) is 0 Å². The second-order valence-electron chi connectivity index (χ2n) is 8.74. The van der Waals surface area contributed by atoms with E-state index >= 15 is 0 Å². The zero-order valence-corrected chi connectivity index (χ0v) is 19.4. The summed E-state index contributed by atoms with van der Waals surface area (Å²) < 4.78 is 0. The highest BCUT2D eigenvalue weighted by atomic mass is 16.2. The van der Waals surface area contributed by atoms with Gasteiger partial charge in [0, 0.05) is 61.3 Å². The Morgan fingerprint density at radius 1 is 1.09 bits per heavy atom. The summed E-state index contributed by atoms with van der Waals surface area (Å²) in [5, 5.41) is 0. The quantitative estimate of drug-likeness (QED) is 0.667. The number of carbonyl (C=O) groups excluding carboxylic acids is 1. The van der Waals surface area contributed by atoms with E-state index < -0.39 is 0 Å². The summed E-state index contributed by atoms with van der Waals surface area (Å²) in [6.45, 7) is 7.43. The molecule has 1 aliphatic carbocycles. The maximum Gasteiger partial charge on any atom is 0.254 e. The summed E-state index contributed by atoms with van der Waals surface area (Å²) in [6.07, 6.45) is 0.771. The molecule has 0 bridgehead atoms. The predicted octanol–water partition coefficient (Wildman–Crippen LogP) is 3.76. The van der Waals surface area contributed by atoms with Gasteiger partial charge >= 0.3 is 0 Å². The van der Waals surface area contributed by atoms with Gasteiger partial charge in [-0.2, -0.15) is 0 Å². The fourth-order valence-electron chi connectivity index (χ4n) is 4.69. The first-order valence-electron chi connectivity index (χ1n) is 11.3. The third kappa shape index (κ3) is 4.15. The molecule has 3 aliphatic rings. The van der Waals surface area contributed by atoms with E-state index in [-0.39, 0.29) is 17.5 Å². The van der Waals surface area contributed by atoms with Crippen molar-refractivity contribution in [2.75, 3.05) is 45.2 Å². The molecule has 1 amide bonds. The standard InChI is InChI=1S/C26H32N4O2/c1-5-22(24-20-9-7-6-8-10-21(20)27-25(24)31)29(4)23-17-19(12-11-18(23)2)26(32)30-15-13-28(3)14-16-30/h6-12,17,22H,5,13-16H2,1-4H3,(H,27,31). The summed E-state index contributed by atoms with van der Waals surface area (Å²) >= 11 is 0. The molecule has 1 N–H and O–H groups in total. The van der Waals surface area contributed by atoms with Gasteiger partial charge in [0.1, 0.15) is 0 Å². The lowest BCUT2D eigenvalue weighted by atomic mass is 9.98. The van der Waals surface area contributed by atoms with E-state index in [1.807, 2.05) is 60.5 Å². The van der Waals surface area contributed by atoms with E-state index in [2.05, 4.69) is 35.7 Å². The van der Waals surface area contributed by atoms with Crippen LogP contribution in [0.5, 0.6) is 0 Å². The van der Waals surface area contributed by atoms with Gasteiger partial charge in [0.05, 0.1) is 6.04 Å². The highest BCUT2D eigenvalue weighted by Crippen LogP contribution is 2.35. The number of hydrogen-bond donors (Lipinski definition) is 1. The molecule has 4 rings (SSSR count). The molecule has 0 radical (unpaired) electrons. The minimum atomic E-state index is -0.105. The van der Waals surface area contributed by atoms with E-state index in [0.29, 0.717) is 5.56 Å². The molecule has 6 nitrogen and oxygen atoms in total. The third-order valence-corrected chi connectivity index (χ3v) is 6.64. The zero-order chi connectivity index (χ0) is 22.8. The Kier molecular flexibility index (Phi) is 6.33. The second kappa shape index (κ2) is 9.17. The van der Waals surface area contributed by atoms with Crippen LogP contribution in [-0.4, -0.2) is 61.0 Å². The van der Waals surface area contributed by atoms with Crippen molar-refractivity contribution in [3.05, 3.63) is 75.6 Å². The fourth-order valence-corrected chi connectivity index (χ4v) is 4.69. The number of carbonyl (C=O) groups is 1. The molecule has 1 fully saturated rings. The molecule has 6 heteroatoms. The molecule has 0 spiro atoms. The number of anilines is 1. The van der Waals surface area contributed by atoms with Gasteiger partial charge in [-0.15, -0.1) is 0 Å². The summed E-state index contributed by atoms with van der Waals surface area (Å²) in [5.41, 5.74) is 5.27. The minimum absolute atomic E-state index is 0.0489. The van der Waals surface area contributed by atoms with Crippen LogP contribution in [0.4, 0.5) is 5.69 Å². The first-order valence-corrected chi connectivity index (χ1v) is 11.3. The van der Waals surface area contributed by atoms with Crippen LogP contribution in [0.25, 0.3) is 11.3 Å². The van der Waals surface area contributed by atoms with Crippen LogP contribution < -0.4 is 10.5 Å². The van der Waals surface area contributed by atoms with Crippen molar-refractivity contribution in [3.63, 3.8) is 0 Å². The van der Waals surface area contributed by atoms with Crippen molar-refractivity contribution < 1.29 is 4.79 Å². The lowest BCUT2D eigenvalue weighted by Crippen LogP contribution is -2.47. The van der Waals surface area contributed by atoms with Gasteiger partial charge in [-0.1, -0.05) is 37.3 Å². The number of fused-ring (bicyclic) bond motifs is 1. The molecule has 1 atom stereocenters. The Morgan fingerprint density at radius 2 is 1.81 bits per heavy atom. The second-order valence-corrected chi connectivity index (χ2v) is 8.74. The van der Waals surface area contributed by atoms with Crippen molar-refractivity contribution in [2.45, 2.75) is 26.3 Å². The summed E-state index contributed by atoms with van der Waals surface area (Å²) in [7, 11) is 4.10. The molecular weight excluding hydrogens is 400 g/mol. The maximum absolute atomic E-state index is 13.2. The van der Waals surface area contributed by atoms with Crippen LogP contribution in [0.1, 0.15) is 40.9 Å². The molecule has 2 heterocycles. The van der Waals surface area contributed by atoms with Gasteiger partial charge in [0.15, 0.2) is 0 Å². The Bertz CT molecular complexity index is 1130. The molecule has 2 aliphatic heterocycles. The van der Waals surface area contributed by atoms with Crippen molar-refractivity contribution >= 4 is 11.6 Å². The molecule has 32 heavy (non-hydrogen) atoms. The number of likely N-dealkylation sites (N-methyl/N-ethyl adjacent to an activating group) is 1. The smallest absolute Gasteiger partial charge is 0.254 e. The van der Waals surface area contributed by atoms with Crippen molar-refractivity contribution in [2.24, 2.45) is 0 Å². The monoisotopic (exact) mass is 432 g/mol. The van der Waals surface area contributed by atoms with Gasteiger partial charge in [0.25, 0.3) is 11.5 Å². The minimum Gasteiger partial charge on any atom is -0.367 e. The Morgan fingerprint density at radius 3 is 2.53 bits per heavy atom. The van der Waals surface area contributed by atoms with Crippen LogP contribution in [0.15, 0.2) is 53.3 Å². The first kappa shape index (κ1) is 22.1. The van der Waals surface area contributed by atoms with E-state index in [9.17, 15) is 9.59 Å². The number of aryl methyl sites for hydroxylation is 1. The summed E-state index contributed by atoms with van der Waals surface area (Å²) in [6, 6.07) is 15.6. The molecule has 168 valence electrons. The molecule has 1 unspecified atom stereocenters. The number of hydrogen-bond acceptors (Lipinski definition) is 4. The van der Waals surface area contributed by atoms with Gasteiger partial charge in [-0.25, -0.2) is 0 Å². The maximum atomic E-state index is 13.2. The number of nitrogens with zero attached hydrogens (tertiary/aromatic N) is 3. The lowest BCUT2D eigenvalue weighted by molar-refractivity contribution is 0.0664. The third-order valence-electron chi connectivity index (χ3n) is 6.64. The van der Waals surface area contributed by atoms with Gasteiger partial charge in [-0.05, 0) is 44.2 Å². The fraction of sp³-hybridized carbons (Fsp3) is 0.385. The van der Waals surface area contributed by atoms with Gasteiger partial charge < -0.3 is 19.7 Å². The number of aromatic nitrogens is 1. The number of benzene rings is 1. The van der Waals surface area contributed by atoms with E-state index in [4.69, 9.17) is 0 Å². The van der Waals surface area contributed by atoms with Crippen LogP contribution >= 0.6 is 0 Å². The van der Waals surface area contributed by atoms with E-state index in [0.717, 1.165) is 60.7 Å². The number of amides is 1. The average molecular weight is 433 g/mol. The summed E-state index contributed by atoms with van der Waals surface area (Å²) in [5.74, 6) is 0.0735. The Balaban J connectivity index is 1.68. The Labute approximate surface area is 189 Å². The molecule has 1 saturated heterocycles. The normalized spacial score (nSPS) is 15.7. The van der Waals surface area contributed by atoms with Crippen molar-refractivity contribution in [3.8, 4) is 11.3 Å². The largest absolute Gasteiger partial charge is 0.367 e. The molecule has 0 saturated carbocycles. The number of aromatic amines is 1. The van der Waals surface area contributed by atoms with Crippen molar-refractivity contribution in [1.82, 2.24) is 14.8 Å². The molecule has 1 aromatic rings. The zero-order valence-electron chi connectivity index (χ0n) is 19.4. The summed E-state index contributed by atoms with van der Waals surface area (Å²) in [4.78, 5) is 35.4.